The van der Waals surface area contributed by atoms with Gasteiger partial charge in [0.15, 0.2) is 6.10 Å². The van der Waals surface area contributed by atoms with Crippen LogP contribution in [-0.4, -0.2) is 37.2 Å². The van der Waals surface area contributed by atoms with Crippen LogP contribution in [0.5, 0.6) is 0 Å². The maximum Gasteiger partial charge on any atom is 0.306 e. The second-order valence-corrected chi connectivity index (χ2v) is 22.0. The highest BCUT2D eigenvalue weighted by Crippen LogP contribution is 2.18. The first kappa shape index (κ1) is 72.8. The zero-order valence-electron chi connectivity index (χ0n) is 50.5. The highest BCUT2D eigenvalue weighted by Gasteiger charge is 2.19. The molecule has 0 aliphatic rings. The van der Waals surface area contributed by atoms with Crippen LogP contribution in [0.15, 0.2) is 72.9 Å². The lowest BCUT2D eigenvalue weighted by atomic mass is 10.0. The predicted molar refractivity (Wildman–Crippen MR) is 330 cm³/mol. The van der Waals surface area contributed by atoms with Crippen molar-refractivity contribution in [1.29, 1.82) is 0 Å². The fraction of sp³-hybridized carbons (Fsp3) is 0.786. The van der Waals surface area contributed by atoms with Crippen molar-refractivity contribution in [2.75, 3.05) is 13.2 Å². The first-order valence-corrected chi connectivity index (χ1v) is 32.9. The third-order valence-electron chi connectivity index (χ3n) is 14.5. The third kappa shape index (κ3) is 61.7. The summed E-state index contributed by atoms with van der Waals surface area (Å²) in [4.78, 5) is 38.1. The first-order valence-electron chi connectivity index (χ1n) is 32.9. The lowest BCUT2D eigenvalue weighted by Crippen LogP contribution is -2.30. The van der Waals surface area contributed by atoms with Crippen LogP contribution in [0, 0.1) is 0 Å². The Hall–Kier alpha value is -3.15. The topological polar surface area (TPSA) is 78.9 Å². The molecule has 76 heavy (non-hydrogen) atoms. The summed E-state index contributed by atoms with van der Waals surface area (Å²) < 4.78 is 16.8. The van der Waals surface area contributed by atoms with Crippen molar-refractivity contribution in [2.24, 2.45) is 0 Å². The molecule has 0 amide bonds. The van der Waals surface area contributed by atoms with Gasteiger partial charge in [-0.15, -0.1) is 0 Å². The molecule has 0 fully saturated rings. The second-order valence-electron chi connectivity index (χ2n) is 22.0. The summed E-state index contributed by atoms with van der Waals surface area (Å²) in [5.74, 6) is -0.927. The van der Waals surface area contributed by atoms with E-state index in [0.717, 1.165) is 89.9 Å². The number of esters is 3. The predicted octanol–water partition coefficient (Wildman–Crippen LogP) is 22.5. The number of rotatable bonds is 60. The maximum atomic E-state index is 12.8. The molecule has 1 unspecified atom stereocenters. The molecule has 0 spiro atoms. The summed E-state index contributed by atoms with van der Waals surface area (Å²) in [6.07, 6.45) is 83.9. The maximum absolute atomic E-state index is 12.8. The largest absolute Gasteiger partial charge is 0.462 e. The standard InChI is InChI=1S/C70H124O6/c1-4-7-10-13-16-18-20-22-24-26-28-30-31-32-33-34-35-36-37-38-40-41-43-45-47-49-51-54-57-60-63-69(72)75-66-67(65-74-68(71)62-59-56-53-15-12-9-6-3)76-70(73)64-61-58-55-52-50-48-46-44-42-39-29-27-25-23-21-19-17-14-11-8-5-2/h8,11,17,19,23,25,29,39,44,46,50,52,67H,4-7,9-10,12-16,18,20-22,24,26-28,30-38,40-43,45,47-49,51,53-66H2,1-3H3/b11-8-,19-17-,25-23-,39-29-,46-44-,52-50-. The van der Waals surface area contributed by atoms with Gasteiger partial charge in [0.25, 0.3) is 0 Å². The molecular weight excluding hydrogens is 937 g/mol. The average molecular weight is 1060 g/mol. The Morgan fingerprint density at radius 1 is 0.276 bits per heavy atom. The van der Waals surface area contributed by atoms with E-state index < -0.39 is 6.10 Å². The lowest BCUT2D eigenvalue weighted by molar-refractivity contribution is -0.167. The summed E-state index contributed by atoms with van der Waals surface area (Å²) >= 11 is 0. The van der Waals surface area contributed by atoms with E-state index in [0.29, 0.717) is 19.3 Å². The van der Waals surface area contributed by atoms with E-state index in [4.69, 9.17) is 14.2 Å². The minimum Gasteiger partial charge on any atom is -0.462 e. The van der Waals surface area contributed by atoms with Gasteiger partial charge in [0.2, 0.25) is 0 Å². The first-order chi connectivity index (χ1) is 37.5. The number of carbonyl (C=O) groups excluding carboxylic acids is 3. The van der Waals surface area contributed by atoms with Gasteiger partial charge < -0.3 is 14.2 Å². The van der Waals surface area contributed by atoms with Crippen LogP contribution in [-0.2, 0) is 28.6 Å². The van der Waals surface area contributed by atoms with Gasteiger partial charge in [-0.05, 0) is 70.6 Å². The molecule has 1 atom stereocenters. The van der Waals surface area contributed by atoms with Gasteiger partial charge in [0.05, 0.1) is 0 Å². The molecule has 440 valence electrons. The third-order valence-corrected chi connectivity index (χ3v) is 14.5. The number of allylic oxidation sites excluding steroid dienone is 12. The van der Waals surface area contributed by atoms with Crippen molar-refractivity contribution < 1.29 is 28.6 Å². The molecule has 6 heteroatoms. The Morgan fingerprint density at radius 3 is 0.803 bits per heavy atom. The van der Waals surface area contributed by atoms with Gasteiger partial charge >= 0.3 is 17.9 Å². The molecule has 0 N–H and O–H groups in total. The molecule has 0 saturated carbocycles. The molecule has 0 aromatic carbocycles. The fourth-order valence-electron chi connectivity index (χ4n) is 9.57. The Kier molecular flexibility index (Phi) is 61.7. The van der Waals surface area contributed by atoms with E-state index in [9.17, 15) is 14.4 Å². The van der Waals surface area contributed by atoms with E-state index in [-0.39, 0.29) is 37.5 Å². The van der Waals surface area contributed by atoms with Gasteiger partial charge in [0, 0.05) is 19.3 Å². The minimum atomic E-state index is -0.795. The normalized spacial score (nSPS) is 12.5. The molecular formula is C70H124O6. The molecule has 0 aromatic rings. The fourth-order valence-corrected chi connectivity index (χ4v) is 9.57. The molecule has 0 aliphatic carbocycles. The summed E-state index contributed by atoms with van der Waals surface area (Å²) in [6, 6.07) is 0. The van der Waals surface area contributed by atoms with Crippen LogP contribution in [0.25, 0.3) is 0 Å². The Balaban J connectivity index is 4.10. The van der Waals surface area contributed by atoms with Gasteiger partial charge in [0.1, 0.15) is 13.2 Å². The van der Waals surface area contributed by atoms with Gasteiger partial charge in [-0.2, -0.15) is 0 Å². The van der Waals surface area contributed by atoms with Gasteiger partial charge in [-0.1, -0.05) is 318 Å². The van der Waals surface area contributed by atoms with Gasteiger partial charge in [-0.25, -0.2) is 0 Å². The van der Waals surface area contributed by atoms with Crippen LogP contribution < -0.4 is 0 Å². The second kappa shape index (κ2) is 64.4. The quantitative estimate of drug-likeness (QED) is 0.0261. The zero-order chi connectivity index (χ0) is 55.0. The van der Waals surface area contributed by atoms with E-state index in [1.54, 1.807) is 0 Å². The van der Waals surface area contributed by atoms with Crippen molar-refractivity contribution in [2.45, 2.75) is 341 Å². The molecule has 6 nitrogen and oxygen atoms in total. The molecule has 0 bridgehead atoms. The van der Waals surface area contributed by atoms with Crippen molar-refractivity contribution in [3.8, 4) is 0 Å². The van der Waals surface area contributed by atoms with E-state index in [1.807, 2.05) is 0 Å². The Bertz CT molecular complexity index is 1400. The summed E-state index contributed by atoms with van der Waals surface area (Å²) in [5, 5.41) is 0. The summed E-state index contributed by atoms with van der Waals surface area (Å²) in [6.45, 7) is 6.49. The van der Waals surface area contributed by atoms with Crippen LogP contribution >= 0.6 is 0 Å². The number of hydrogen-bond acceptors (Lipinski definition) is 6. The van der Waals surface area contributed by atoms with E-state index in [1.165, 1.54) is 199 Å². The molecule has 0 aliphatic heterocycles. The van der Waals surface area contributed by atoms with Crippen LogP contribution in [0.2, 0.25) is 0 Å². The number of unbranched alkanes of at least 4 members (excludes halogenated alkanes) is 37. The monoisotopic (exact) mass is 1060 g/mol. The van der Waals surface area contributed by atoms with Crippen molar-refractivity contribution in [3.05, 3.63) is 72.9 Å². The molecule has 0 radical (unpaired) electrons. The summed E-state index contributed by atoms with van der Waals surface area (Å²) in [5.41, 5.74) is 0. The SMILES string of the molecule is CC/C=C\C/C=C\C/C=C\C/C=C\C/C=C\C/C=C\CCCCC(=O)OC(COC(=O)CCCCCCCCC)COC(=O)CCCCCCCCCCCCCCCCCCCCCCCCCCCCCCCC. The highest BCUT2D eigenvalue weighted by atomic mass is 16.6. The van der Waals surface area contributed by atoms with Crippen LogP contribution in [0.4, 0.5) is 0 Å². The number of ether oxygens (including phenoxy) is 3. The average Bonchev–Trinajstić information content (AvgIpc) is 3.42. The summed E-state index contributed by atoms with van der Waals surface area (Å²) in [7, 11) is 0. The van der Waals surface area contributed by atoms with Crippen molar-refractivity contribution >= 4 is 17.9 Å². The molecule has 0 aromatic heterocycles. The van der Waals surface area contributed by atoms with Crippen LogP contribution in [0.3, 0.4) is 0 Å². The lowest BCUT2D eigenvalue weighted by Gasteiger charge is -2.18. The molecule has 0 rings (SSSR count). The number of hydrogen-bond donors (Lipinski definition) is 0. The zero-order valence-corrected chi connectivity index (χ0v) is 50.5. The number of carbonyl (C=O) groups is 3. The van der Waals surface area contributed by atoms with E-state index in [2.05, 4.69) is 93.7 Å². The Labute approximate surface area is 472 Å². The molecule has 0 saturated heterocycles. The highest BCUT2D eigenvalue weighted by molar-refractivity contribution is 5.71. The van der Waals surface area contributed by atoms with Crippen molar-refractivity contribution in [3.63, 3.8) is 0 Å². The smallest absolute Gasteiger partial charge is 0.306 e. The minimum absolute atomic E-state index is 0.0899. The van der Waals surface area contributed by atoms with Crippen molar-refractivity contribution in [1.82, 2.24) is 0 Å². The van der Waals surface area contributed by atoms with Gasteiger partial charge in [-0.3, -0.25) is 14.4 Å². The Morgan fingerprint density at radius 2 is 0.513 bits per heavy atom. The molecule has 0 heterocycles. The van der Waals surface area contributed by atoms with Crippen LogP contribution in [0.1, 0.15) is 335 Å². The van der Waals surface area contributed by atoms with E-state index >= 15 is 0 Å².